The second kappa shape index (κ2) is 3.69. The molecule has 0 fully saturated rings. The van der Waals surface area contributed by atoms with Crippen LogP contribution in [-0.2, 0) is 18.3 Å². The summed E-state index contributed by atoms with van der Waals surface area (Å²) in [4.78, 5) is 1.66. The first-order valence-electron chi connectivity index (χ1n) is 5.75. The lowest BCUT2D eigenvalue weighted by molar-refractivity contribution is 0.508. The third-order valence-corrected chi connectivity index (χ3v) is 5.04. The number of thiophene rings is 1. The lowest BCUT2D eigenvalue weighted by atomic mass is 9.82. The fourth-order valence-corrected chi connectivity index (χ4v) is 3.61. The minimum absolute atomic E-state index is 0.398. The van der Waals surface area contributed by atoms with Gasteiger partial charge in [0.1, 0.15) is 0 Å². The van der Waals surface area contributed by atoms with Gasteiger partial charge in [0.05, 0.1) is 0 Å². The molecule has 0 nitrogen and oxygen atoms in total. The fourth-order valence-electron chi connectivity index (χ4n) is 2.25. The van der Waals surface area contributed by atoms with E-state index in [9.17, 15) is 0 Å². The second-order valence-corrected chi connectivity index (χ2v) is 5.89. The van der Waals surface area contributed by atoms with E-state index in [0.717, 1.165) is 0 Å². The maximum absolute atomic E-state index is 2.40. The van der Waals surface area contributed by atoms with Crippen LogP contribution in [0.25, 0.3) is 0 Å². The molecular formula is C13H20S. The van der Waals surface area contributed by atoms with Gasteiger partial charge >= 0.3 is 0 Å². The predicted molar refractivity (Wildman–Crippen MR) is 64.3 cm³/mol. The molecule has 1 heteroatoms. The summed E-state index contributed by atoms with van der Waals surface area (Å²) in [6, 6.07) is 0. The van der Waals surface area contributed by atoms with Crippen molar-refractivity contribution in [1.29, 1.82) is 0 Å². The van der Waals surface area contributed by atoms with Gasteiger partial charge < -0.3 is 0 Å². The molecule has 0 saturated heterocycles. The molecule has 2 rings (SSSR count). The van der Waals surface area contributed by atoms with Crippen molar-refractivity contribution in [1.82, 2.24) is 0 Å². The van der Waals surface area contributed by atoms with E-state index in [4.69, 9.17) is 0 Å². The SMILES string of the molecule is CCC(C)(C)c1scc2c1CCCC2. The number of hydrogen-bond donors (Lipinski definition) is 0. The first-order chi connectivity index (χ1) is 6.65. The Morgan fingerprint density at radius 2 is 2.00 bits per heavy atom. The van der Waals surface area contributed by atoms with E-state index >= 15 is 0 Å². The third-order valence-electron chi connectivity index (χ3n) is 3.60. The standard InChI is InChI=1S/C13H20S/c1-4-13(2,3)12-11-8-6-5-7-10(11)9-14-12/h9H,4-8H2,1-3H3. The quantitative estimate of drug-likeness (QED) is 0.679. The highest BCUT2D eigenvalue weighted by atomic mass is 32.1. The normalized spacial score (nSPS) is 16.8. The largest absolute Gasteiger partial charge is 0.148 e. The molecule has 0 saturated carbocycles. The van der Waals surface area contributed by atoms with E-state index in [1.807, 2.05) is 11.3 Å². The molecule has 0 aromatic carbocycles. The number of aryl methyl sites for hydroxylation is 1. The average molecular weight is 208 g/mol. The summed E-state index contributed by atoms with van der Waals surface area (Å²) in [5.41, 5.74) is 3.75. The summed E-state index contributed by atoms with van der Waals surface area (Å²) in [5, 5.41) is 2.40. The van der Waals surface area contributed by atoms with E-state index in [1.165, 1.54) is 32.1 Å². The molecule has 1 heterocycles. The van der Waals surface area contributed by atoms with Crippen molar-refractivity contribution in [2.75, 3.05) is 0 Å². The van der Waals surface area contributed by atoms with Crippen molar-refractivity contribution < 1.29 is 0 Å². The first kappa shape index (κ1) is 10.2. The van der Waals surface area contributed by atoms with Crippen LogP contribution in [-0.4, -0.2) is 0 Å². The van der Waals surface area contributed by atoms with Crippen LogP contribution in [0.2, 0.25) is 0 Å². The van der Waals surface area contributed by atoms with Gasteiger partial charge in [-0.3, -0.25) is 0 Å². The molecule has 1 aliphatic carbocycles. The zero-order chi connectivity index (χ0) is 10.2. The van der Waals surface area contributed by atoms with Crippen molar-refractivity contribution in [3.05, 3.63) is 21.4 Å². The van der Waals surface area contributed by atoms with E-state index in [1.54, 1.807) is 16.0 Å². The van der Waals surface area contributed by atoms with E-state index in [2.05, 4.69) is 26.2 Å². The molecule has 0 radical (unpaired) electrons. The highest BCUT2D eigenvalue weighted by molar-refractivity contribution is 7.10. The summed E-state index contributed by atoms with van der Waals surface area (Å²) in [7, 11) is 0. The Bertz CT molecular complexity index is 320. The van der Waals surface area contributed by atoms with Crippen LogP contribution in [0.15, 0.2) is 5.38 Å². The zero-order valence-corrected chi connectivity index (χ0v) is 10.3. The molecule has 78 valence electrons. The molecule has 0 aliphatic heterocycles. The van der Waals surface area contributed by atoms with Gasteiger partial charge in [0.2, 0.25) is 0 Å². The highest BCUT2D eigenvalue weighted by Crippen LogP contribution is 2.39. The van der Waals surface area contributed by atoms with E-state index in [-0.39, 0.29) is 0 Å². The summed E-state index contributed by atoms with van der Waals surface area (Å²) >= 11 is 2.00. The van der Waals surface area contributed by atoms with Gasteiger partial charge in [-0.15, -0.1) is 11.3 Å². The van der Waals surface area contributed by atoms with Gasteiger partial charge in [-0.1, -0.05) is 20.8 Å². The van der Waals surface area contributed by atoms with Crippen LogP contribution < -0.4 is 0 Å². The molecule has 0 bridgehead atoms. The molecule has 14 heavy (non-hydrogen) atoms. The Kier molecular flexibility index (Phi) is 2.70. The van der Waals surface area contributed by atoms with E-state index in [0.29, 0.717) is 5.41 Å². The Hall–Kier alpha value is -0.300. The van der Waals surface area contributed by atoms with Crippen molar-refractivity contribution in [2.45, 2.75) is 58.3 Å². The smallest absolute Gasteiger partial charge is 0.0136 e. The van der Waals surface area contributed by atoms with Crippen molar-refractivity contribution in [3.63, 3.8) is 0 Å². The van der Waals surface area contributed by atoms with Gasteiger partial charge in [0.25, 0.3) is 0 Å². The second-order valence-electron chi connectivity index (χ2n) is 5.01. The maximum Gasteiger partial charge on any atom is 0.0136 e. The summed E-state index contributed by atoms with van der Waals surface area (Å²) in [6.45, 7) is 7.07. The van der Waals surface area contributed by atoms with Crippen LogP contribution in [0, 0.1) is 0 Å². The van der Waals surface area contributed by atoms with Crippen LogP contribution in [0.4, 0.5) is 0 Å². The minimum atomic E-state index is 0.398. The van der Waals surface area contributed by atoms with Gasteiger partial charge in [-0.25, -0.2) is 0 Å². The Morgan fingerprint density at radius 1 is 1.29 bits per heavy atom. The van der Waals surface area contributed by atoms with Crippen LogP contribution >= 0.6 is 11.3 Å². The first-order valence-corrected chi connectivity index (χ1v) is 6.63. The Morgan fingerprint density at radius 3 is 2.71 bits per heavy atom. The molecule has 0 atom stereocenters. The molecule has 0 unspecified atom stereocenters. The lowest BCUT2D eigenvalue weighted by Crippen LogP contribution is -2.17. The van der Waals surface area contributed by atoms with Crippen LogP contribution in [0.3, 0.4) is 0 Å². The number of hydrogen-bond acceptors (Lipinski definition) is 1. The van der Waals surface area contributed by atoms with Crippen molar-refractivity contribution >= 4 is 11.3 Å². The van der Waals surface area contributed by atoms with Crippen LogP contribution in [0.1, 0.15) is 56.0 Å². The molecule has 0 amide bonds. The number of rotatable bonds is 2. The van der Waals surface area contributed by atoms with E-state index < -0.39 is 0 Å². The lowest BCUT2D eigenvalue weighted by Gasteiger charge is -2.25. The average Bonchev–Trinajstić information content (AvgIpc) is 2.61. The molecule has 1 aliphatic rings. The minimum Gasteiger partial charge on any atom is -0.148 e. The topological polar surface area (TPSA) is 0 Å². The van der Waals surface area contributed by atoms with Gasteiger partial charge in [0.15, 0.2) is 0 Å². The highest BCUT2D eigenvalue weighted by Gasteiger charge is 2.26. The molecule has 1 aromatic heterocycles. The van der Waals surface area contributed by atoms with Gasteiger partial charge in [0, 0.05) is 4.88 Å². The monoisotopic (exact) mass is 208 g/mol. The maximum atomic E-state index is 2.40. The summed E-state index contributed by atoms with van der Waals surface area (Å²) in [5.74, 6) is 0. The molecular weight excluding hydrogens is 188 g/mol. The zero-order valence-electron chi connectivity index (χ0n) is 9.52. The summed E-state index contributed by atoms with van der Waals surface area (Å²) < 4.78 is 0. The third kappa shape index (κ3) is 1.63. The predicted octanol–water partition coefficient (Wildman–Crippen LogP) is 4.31. The molecule has 0 spiro atoms. The van der Waals surface area contributed by atoms with Crippen molar-refractivity contribution in [3.8, 4) is 0 Å². The molecule has 0 N–H and O–H groups in total. The summed E-state index contributed by atoms with van der Waals surface area (Å²) in [6.07, 6.45) is 6.70. The van der Waals surface area contributed by atoms with Crippen molar-refractivity contribution in [2.24, 2.45) is 0 Å². The van der Waals surface area contributed by atoms with Gasteiger partial charge in [-0.05, 0) is 54.0 Å². The van der Waals surface area contributed by atoms with Gasteiger partial charge in [-0.2, -0.15) is 0 Å². The molecule has 1 aromatic rings. The Labute approximate surface area is 91.4 Å². The Balaban J connectivity index is 2.39. The fraction of sp³-hybridized carbons (Fsp3) is 0.692. The van der Waals surface area contributed by atoms with Crippen LogP contribution in [0.5, 0.6) is 0 Å². The number of fused-ring (bicyclic) bond motifs is 1.